The summed E-state index contributed by atoms with van der Waals surface area (Å²) >= 11 is 0. The number of urea groups is 1. The summed E-state index contributed by atoms with van der Waals surface area (Å²) in [6.07, 6.45) is 6.00. The third-order valence-corrected chi connectivity index (χ3v) is 5.71. The zero-order valence-electron chi connectivity index (χ0n) is 16.0. The van der Waals surface area contributed by atoms with Gasteiger partial charge in [0.2, 0.25) is 5.91 Å². The van der Waals surface area contributed by atoms with Crippen LogP contribution < -0.4 is 5.32 Å². The van der Waals surface area contributed by atoms with Crippen LogP contribution in [0.3, 0.4) is 0 Å². The first-order chi connectivity index (χ1) is 13.2. The average molecular weight is 373 g/mol. The Labute approximate surface area is 161 Å². The van der Waals surface area contributed by atoms with Gasteiger partial charge in [0.15, 0.2) is 0 Å². The van der Waals surface area contributed by atoms with Gasteiger partial charge in [0.25, 0.3) is 0 Å². The Morgan fingerprint density at radius 2 is 1.74 bits per heavy atom. The lowest BCUT2D eigenvalue weighted by molar-refractivity contribution is -0.136. The molecule has 1 aliphatic heterocycles. The first-order valence-corrected chi connectivity index (χ1v) is 10.2. The minimum absolute atomic E-state index is 0.0609. The molecule has 1 aromatic carbocycles. The molecule has 0 atom stereocenters. The molecule has 2 aliphatic rings. The molecule has 0 radical (unpaired) electrons. The summed E-state index contributed by atoms with van der Waals surface area (Å²) in [7, 11) is 0. The van der Waals surface area contributed by atoms with Gasteiger partial charge in [0.05, 0.1) is 6.61 Å². The van der Waals surface area contributed by atoms with Crippen LogP contribution in [-0.2, 0) is 11.3 Å². The van der Waals surface area contributed by atoms with Gasteiger partial charge >= 0.3 is 6.03 Å². The minimum Gasteiger partial charge on any atom is -0.395 e. The van der Waals surface area contributed by atoms with E-state index >= 15 is 0 Å². The van der Waals surface area contributed by atoms with Crippen molar-refractivity contribution < 1.29 is 14.7 Å². The van der Waals surface area contributed by atoms with Gasteiger partial charge in [-0.2, -0.15) is 0 Å². The normalized spacial score (nSPS) is 18.5. The van der Waals surface area contributed by atoms with Crippen molar-refractivity contribution in [2.24, 2.45) is 5.92 Å². The molecule has 27 heavy (non-hydrogen) atoms. The highest BCUT2D eigenvalue weighted by Crippen LogP contribution is 2.27. The molecule has 0 bridgehead atoms. The average Bonchev–Trinajstić information content (AvgIpc) is 3.23. The molecule has 0 unspecified atom stereocenters. The molecule has 0 aromatic heterocycles. The first-order valence-electron chi connectivity index (χ1n) is 10.2. The van der Waals surface area contributed by atoms with Crippen LogP contribution in [0.4, 0.5) is 4.79 Å². The van der Waals surface area contributed by atoms with Crippen LogP contribution in [0.5, 0.6) is 0 Å². The summed E-state index contributed by atoms with van der Waals surface area (Å²) in [5, 5.41) is 12.4. The molecule has 1 heterocycles. The Morgan fingerprint density at radius 3 is 2.37 bits per heavy atom. The van der Waals surface area contributed by atoms with Crippen molar-refractivity contribution in [2.75, 3.05) is 26.2 Å². The zero-order valence-corrected chi connectivity index (χ0v) is 16.0. The van der Waals surface area contributed by atoms with E-state index in [1.807, 2.05) is 35.2 Å². The van der Waals surface area contributed by atoms with Crippen LogP contribution >= 0.6 is 0 Å². The molecular formula is C21H31N3O3. The van der Waals surface area contributed by atoms with E-state index in [2.05, 4.69) is 5.32 Å². The Hall–Kier alpha value is -2.08. The lowest BCUT2D eigenvalue weighted by Gasteiger charge is -2.35. The lowest BCUT2D eigenvalue weighted by Crippen LogP contribution is -2.51. The SMILES string of the molecule is O=C(NC1CCN(C(=O)C2CCCC2)CC1)N(CCO)Cc1ccccc1. The Kier molecular flexibility index (Phi) is 7.10. The number of amides is 3. The molecule has 3 rings (SSSR count). The van der Waals surface area contributed by atoms with E-state index in [-0.39, 0.29) is 24.6 Å². The molecule has 6 heteroatoms. The van der Waals surface area contributed by atoms with Gasteiger partial charge in [-0.1, -0.05) is 43.2 Å². The lowest BCUT2D eigenvalue weighted by atomic mass is 10.0. The summed E-state index contributed by atoms with van der Waals surface area (Å²) in [5.74, 6) is 0.533. The van der Waals surface area contributed by atoms with E-state index in [4.69, 9.17) is 0 Å². The zero-order chi connectivity index (χ0) is 19.1. The highest BCUT2D eigenvalue weighted by atomic mass is 16.3. The number of carbonyl (C=O) groups is 2. The Bertz CT molecular complexity index is 608. The summed E-state index contributed by atoms with van der Waals surface area (Å²) in [6.45, 7) is 2.17. The molecule has 2 N–H and O–H groups in total. The quantitative estimate of drug-likeness (QED) is 0.804. The van der Waals surface area contributed by atoms with Crippen LogP contribution in [0.25, 0.3) is 0 Å². The maximum Gasteiger partial charge on any atom is 0.317 e. The molecular weight excluding hydrogens is 342 g/mol. The molecule has 6 nitrogen and oxygen atoms in total. The second kappa shape index (κ2) is 9.74. The van der Waals surface area contributed by atoms with Gasteiger partial charge in [-0.05, 0) is 31.2 Å². The van der Waals surface area contributed by atoms with Crippen LogP contribution in [0.2, 0.25) is 0 Å². The number of piperidine rings is 1. The van der Waals surface area contributed by atoms with E-state index < -0.39 is 0 Å². The van der Waals surface area contributed by atoms with Crippen LogP contribution in [-0.4, -0.2) is 59.1 Å². The minimum atomic E-state index is -0.145. The van der Waals surface area contributed by atoms with Gasteiger partial charge in [0, 0.05) is 38.1 Å². The van der Waals surface area contributed by atoms with Crippen molar-refractivity contribution >= 4 is 11.9 Å². The topological polar surface area (TPSA) is 72.9 Å². The molecule has 1 aromatic rings. The number of aliphatic hydroxyl groups is 1. The number of nitrogens with one attached hydrogen (secondary N) is 1. The van der Waals surface area contributed by atoms with Crippen molar-refractivity contribution in [3.05, 3.63) is 35.9 Å². The predicted octanol–water partition coefficient (Wildman–Crippen LogP) is 2.37. The predicted molar refractivity (Wildman–Crippen MR) is 104 cm³/mol. The molecule has 1 saturated carbocycles. The van der Waals surface area contributed by atoms with Gasteiger partial charge in [-0.15, -0.1) is 0 Å². The fraction of sp³-hybridized carbons (Fsp3) is 0.619. The van der Waals surface area contributed by atoms with E-state index in [1.54, 1.807) is 4.90 Å². The number of benzene rings is 1. The number of aliphatic hydroxyl groups excluding tert-OH is 1. The number of rotatable bonds is 6. The van der Waals surface area contributed by atoms with Crippen molar-refractivity contribution in [1.29, 1.82) is 0 Å². The van der Waals surface area contributed by atoms with Gasteiger partial charge in [-0.25, -0.2) is 4.79 Å². The maximum absolute atomic E-state index is 12.7. The third kappa shape index (κ3) is 5.45. The standard InChI is InChI=1S/C21H31N3O3/c25-15-14-24(16-17-6-2-1-3-7-17)21(27)22-19-10-12-23(13-11-19)20(26)18-8-4-5-9-18/h1-3,6-7,18-19,25H,4-5,8-16H2,(H,22,27). The van der Waals surface area contributed by atoms with E-state index in [1.165, 1.54) is 12.8 Å². The van der Waals surface area contributed by atoms with Crippen LogP contribution in [0, 0.1) is 5.92 Å². The highest BCUT2D eigenvalue weighted by molar-refractivity contribution is 5.79. The van der Waals surface area contributed by atoms with Crippen molar-refractivity contribution in [2.45, 2.75) is 51.1 Å². The van der Waals surface area contributed by atoms with Gasteiger partial charge in [-0.3, -0.25) is 4.79 Å². The Balaban J connectivity index is 1.47. The van der Waals surface area contributed by atoms with Crippen molar-refractivity contribution in [3.63, 3.8) is 0 Å². The fourth-order valence-corrected chi connectivity index (χ4v) is 4.12. The van der Waals surface area contributed by atoms with Crippen LogP contribution in [0.15, 0.2) is 30.3 Å². The Morgan fingerprint density at radius 1 is 1.07 bits per heavy atom. The summed E-state index contributed by atoms with van der Waals surface area (Å²) < 4.78 is 0. The largest absolute Gasteiger partial charge is 0.395 e. The summed E-state index contributed by atoms with van der Waals surface area (Å²) in [6, 6.07) is 9.73. The monoisotopic (exact) mass is 373 g/mol. The van der Waals surface area contributed by atoms with Gasteiger partial charge < -0.3 is 20.2 Å². The molecule has 3 amide bonds. The van der Waals surface area contributed by atoms with E-state index in [0.29, 0.717) is 19.0 Å². The first kappa shape index (κ1) is 19.7. The fourth-order valence-electron chi connectivity index (χ4n) is 4.12. The van der Waals surface area contributed by atoms with Crippen molar-refractivity contribution in [1.82, 2.24) is 15.1 Å². The summed E-state index contributed by atoms with van der Waals surface area (Å²) in [4.78, 5) is 28.8. The molecule has 1 saturated heterocycles. The molecule has 1 aliphatic carbocycles. The second-order valence-corrected chi connectivity index (χ2v) is 7.66. The second-order valence-electron chi connectivity index (χ2n) is 7.66. The molecule has 148 valence electrons. The number of hydrogen-bond donors (Lipinski definition) is 2. The van der Waals surface area contributed by atoms with Crippen molar-refractivity contribution in [3.8, 4) is 0 Å². The summed E-state index contributed by atoms with van der Waals surface area (Å²) in [5.41, 5.74) is 1.04. The highest BCUT2D eigenvalue weighted by Gasteiger charge is 2.30. The third-order valence-electron chi connectivity index (χ3n) is 5.71. The van der Waals surface area contributed by atoms with E-state index in [0.717, 1.165) is 44.3 Å². The molecule has 0 spiro atoms. The van der Waals surface area contributed by atoms with E-state index in [9.17, 15) is 14.7 Å². The number of nitrogens with zero attached hydrogens (tertiary/aromatic N) is 2. The number of likely N-dealkylation sites (tertiary alicyclic amines) is 1. The van der Waals surface area contributed by atoms with Gasteiger partial charge in [0.1, 0.15) is 0 Å². The molecule has 2 fully saturated rings. The number of carbonyl (C=O) groups excluding carboxylic acids is 2. The smallest absolute Gasteiger partial charge is 0.317 e. The maximum atomic E-state index is 12.7. The van der Waals surface area contributed by atoms with Crippen LogP contribution in [0.1, 0.15) is 44.1 Å². The number of hydrogen-bond acceptors (Lipinski definition) is 3.